The van der Waals surface area contributed by atoms with E-state index >= 15 is 0 Å². The number of carbonyl (C=O) groups is 1. The predicted molar refractivity (Wildman–Crippen MR) is 104 cm³/mol. The number of nitrogens with zero attached hydrogens (tertiary/aromatic N) is 5. The smallest absolute Gasteiger partial charge is 0.276 e. The van der Waals surface area contributed by atoms with E-state index < -0.39 is 0 Å². The zero-order valence-electron chi connectivity index (χ0n) is 16.8. The summed E-state index contributed by atoms with van der Waals surface area (Å²) in [5.74, 6) is 1.29. The van der Waals surface area contributed by atoms with Crippen LogP contribution in [0.1, 0.15) is 48.4 Å². The van der Waals surface area contributed by atoms with Crippen LogP contribution in [-0.4, -0.2) is 44.1 Å². The van der Waals surface area contributed by atoms with Gasteiger partial charge in [0.05, 0.1) is 24.0 Å². The van der Waals surface area contributed by atoms with E-state index in [9.17, 15) is 4.79 Å². The van der Waals surface area contributed by atoms with E-state index in [-0.39, 0.29) is 12.0 Å². The summed E-state index contributed by atoms with van der Waals surface area (Å²) in [6.07, 6.45) is 0.728. The van der Waals surface area contributed by atoms with E-state index in [0.29, 0.717) is 30.1 Å². The minimum absolute atomic E-state index is 0.108. The van der Waals surface area contributed by atoms with Crippen LogP contribution in [0.3, 0.4) is 0 Å². The molecule has 3 aromatic rings. The SMILES string of the molecule is CCc1c(C(=O)N(C)Cc2cc(C)on2)nnn1-c1ccc(OC(C)C)cc1. The second kappa shape index (κ2) is 8.24. The van der Waals surface area contributed by atoms with Gasteiger partial charge < -0.3 is 14.2 Å². The van der Waals surface area contributed by atoms with Gasteiger partial charge in [-0.25, -0.2) is 4.68 Å². The maximum absolute atomic E-state index is 12.9. The first-order valence-corrected chi connectivity index (χ1v) is 9.28. The lowest BCUT2D eigenvalue weighted by Crippen LogP contribution is -2.27. The summed E-state index contributed by atoms with van der Waals surface area (Å²) >= 11 is 0. The van der Waals surface area contributed by atoms with Crippen molar-refractivity contribution >= 4 is 5.91 Å². The first-order valence-electron chi connectivity index (χ1n) is 9.28. The molecule has 0 radical (unpaired) electrons. The Bertz CT molecular complexity index is 943. The largest absolute Gasteiger partial charge is 0.491 e. The summed E-state index contributed by atoms with van der Waals surface area (Å²) < 4.78 is 12.4. The van der Waals surface area contributed by atoms with Crippen LogP contribution in [0, 0.1) is 6.92 Å². The number of hydrogen-bond donors (Lipinski definition) is 0. The molecule has 3 rings (SSSR count). The number of aromatic nitrogens is 4. The molecule has 0 N–H and O–H groups in total. The summed E-state index contributed by atoms with van der Waals surface area (Å²) in [4.78, 5) is 14.4. The molecule has 8 heteroatoms. The van der Waals surface area contributed by atoms with Gasteiger partial charge in [0.15, 0.2) is 5.69 Å². The van der Waals surface area contributed by atoms with Gasteiger partial charge in [-0.15, -0.1) is 5.10 Å². The Kier molecular flexibility index (Phi) is 5.77. The molecule has 0 bridgehead atoms. The van der Waals surface area contributed by atoms with E-state index in [0.717, 1.165) is 17.1 Å². The maximum Gasteiger partial charge on any atom is 0.276 e. The molecule has 0 aliphatic carbocycles. The van der Waals surface area contributed by atoms with Gasteiger partial charge in [0.1, 0.15) is 17.2 Å². The lowest BCUT2D eigenvalue weighted by molar-refractivity contribution is 0.0775. The lowest BCUT2D eigenvalue weighted by atomic mass is 10.2. The zero-order chi connectivity index (χ0) is 20.3. The van der Waals surface area contributed by atoms with Gasteiger partial charge in [0.25, 0.3) is 5.91 Å². The van der Waals surface area contributed by atoms with Crippen molar-refractivity contribution in [2.75, 3.05) is 7.05 Å². The van der Waals surface area contributed by atoms with Crippen molar-refractivity contribution in [3.05, 3.63) is 53.2 Å². The van der Waals surface area contributed by atoms with Gasteiger partial charge in [-0.2, -0.15) is 0 Å². The third kappa shape index (κ3) is 4.21. The lowest BCUT2D eigenvalue weighted by Gasteiger charge is -2.15. The highest BCUT2D eigenvalue weighted by atomic mass is 16.5. The molecule has 0 saturated carbocycles. The number of amides is 1. The molecule has 1 amide bonds. The number of ether oxygens (including phenoxy) is 1. The van der Waals surface area contributed by atoms with Crippen molar-refractivity contribution in [2.24, 2.45) is 0 Å². The molecule has 2 aromatic heterocycles. The average Bonchev–Trinajstić information content (AvgIpc) is 3.27. The zero-order valence-corrected chi connectivity index (χ0v) is 16.8. The fourth-order valence-corrected chi connectivity index (χ4v) is 2.92. The Hall–Kier alpha value is -3.16. The number of carbonyl (C=O) groups excluding carboxylic acids is 1. The van der Waals surface area contributed by atoms with Crippen molar-refractivity contribution in [2.45, 2.75) is 46.8 Å². The molecule has 148 valence electrons. The summed E-state index contributed by atoms with van der Waals surface area (Å²) in [5, 5.41) is 12.3. The van der Waals surface area contributed by atoms with E-state index in [4.69, 9.17) is 9.26 Å². The third-order valence-corrected chi connectivity index (χ3v) is 4.18. The monoisotopic (exact) mass is 383 g/mol. The highest BCUT2D eigenvalue weighted by Crippen LogP contribution is 2.20. The first-order chi connectivity index (χ1) is 13.4. The van der Waals surface area contributed by atoms with E-state index in [2.05, 4.69) is 15.5 Å². The van der Waals surface area contributed by atoms with Gasteiger partial charge in [0, 0.05) is 13.1 Å². The molecule has 1 aromatic carbocycles. The molecule has 0 aliphatic heterocycles. The van der Waals surface area contributed by atoms with Crippen molar-refractivity contribution in [1.29, 1.82) is 0 Å². The Morgan fingerprint density at radius 3 is 2.57 bits per heavy atom. The topological polar surface area (TPSA) is 86.3 Å². The summed E-state index contributed by atoms with van der Waals surface area (Å²) in [6.45, 7) is 8.10. The van der Waals surface area contributed by atoms with Crippen LogP contribution in [0.25, 0.3) is 5.69 Å². The van der Waals surface area contributed by atoms with Crippen LogP contribution in [0.4, 0.5) is 0 Å². The Morgan fingerprint density at radius 2 is 2.00 bits per heavy atom. The third-order valence-electron chi connectivity index (χ3n) is 4.18. The van der Waals surface area contributed by atoms with Crippen LogP contribution in [0.15, 0.2) is 34.9 Å². The second-order valence-electron chi connectivity index (χ2n) is 6.90. The van der Waals surface area contributed by atoms with E-state index in [1.54, 1.807) is 16.6 Å². The number of hydrogen-bond acceptors (Lipinski definition) is 6. The quantitative estimate of drug-likeness (QED) is 0.623. The molecule has 0 saturated heterocycles. The fraction of sp³-hybridized carbons (Fsp3) is 0.400. The number of benzene rings is 1. The van der Waals surface area contributed by atoms with Crippen molar-refractivity contribution in [3.63, 3.8) is 0 Å². The number of rotatable bonds is 7. The molecular formula is C20H25N5O3. The first kappa shape index (κ1) is 19.6. The second-order valence-corrected chi connectivity index (χ2v) is 6.90. The normalized spacial score (nSPS) is 11.1. The molecule has 28 heavy (non-hydrogen) atoms. The Balaban J connectivity index is 1.81. The molecule has 8 nitrogen and oxygen atoms in total. The molecule has 0 atom stereocenters. The standard InChI is InChI=1S/C20H25N5O3/c1-6-18-19(20(26)24(5)12-15-11-14(4)28-22-15)21-23-25(18)16-7-9-17(10-8-16)27-13(2)3/h7-11,13H,6,12H2,1-5H3. The van der Waals surface area contributed by atoms with Gasteiger partial charge >= 0.3 is 0 Å². The average molecular weight is 383 g/mol. The summed E-state index contributed by atoms with van der Waals surface area (Å²) in [7, 11) is 1.71. The van der Waals surface area contributed by atoms with Gasteiger partial charge in [-0.1, -0.05) is 17.3 Å². The molecule has 0 aliphatic rings. The minimum atomic E-state index is -0.205. The Morgan fingerprint density at radius 1 is 1.29 bits per heavy atom. The summed E-state index contributed by atoms with van der Waals surface area (Å²) in [6, 6.07) is 9.39. The highest BCUT2D eigenvalue weighted by molar-refractivity contribution is 5.93. The number of aryl methyl sites for hydroxylation is 1. The molecule has 0 spiro atoms. The Labute approximate surface area is 164 Å². The van der Waals surface area contributed by atoms with Gasteiger partial charge in [-0.05, 0) is 51.5 Å². The predicted octanol–water partition coefficient (Wildman–Crippen LogP) is 3.19. The summed E-state index contributed by atoms with van der Waals surface area (Å²) in [5.41, 5.74) is 2.62. The maximum atomic E-state index is 12.9. The van der Waals surface area contributed by atoms with E-state index in [1.165, 1.54) is 0 Å². The van der Waals surface area contributed by atoms with Crippen LogP contribution in [0.2, 0.25) is 0 Å². The highest BCUT2D eigenvalue weighted by Gasteiger charge is 2.23. The molecule has 0 fully saturated rings. The van der Waals surface area contributed by atoms with Gasteiger partial charge in [-0.3, -0.25) is 4.79 Å². The molecule has 0 unspecified atom stereocenters. The molecule has 2 heterocycles. The van der Waals surface area contributed by atoms with Crippen LogP contribution in [-0.2, 0) is 13.0 Å². The van der Waals surface area contributed by atoms with Crippen molar-refractivity contribution in [1.82, 2.24) is 25.1 Å². The van der Waals surface area contributed by atoms with Gasteiger partial charge in [0.2, 0.25) is 0 Å². The van der Waals surface area contributed by atoms with E-state index in [1.807, 2.05) is 58.0 Å². The van der Waals surface area contributed by atoms with Crippen LogP contribution >= 0.6 is 0 Å². The fourth-order valence-electron chi connectivity index (χ4n) is 2.92. The van der Waals surface area contributed by atoms with Crippen LogP contribution < -0.4 is 4.74 Å². The van der Waals surface area contributed by atoms with Crippen molar-refractivity contribution < 1.29 is 14.1 Å². The minimum Gasteiger partial charge on any atom is -0.491 e. The van der Waals surface area contributed by atoms with Crippen molar-refractivity contribution in [3.8, 4) is 11.4 Å². The van der Waals surface area contributed by atoms with Crippen LogP contribution in [0.5, 0.6) is 5.75 Å². The molecular weight excluding hydrogens is 358 g/mol.